The van der Waals surface area contributed by atoms with Crippen LogP contribution >= 0.6 is 0 Å². The highest BCUT2D eigenvalue weighted by molar-refractivity contribution is 5.76. The first-order valence-electron chi connectivity index (χ1n) is 4.14. The number of nitrogens with zero attached hydrogens (tertiary/aromatic N) is 3. The van der Waals surface area contributed by atoms with Gasteiger partial charge in [-0.25, -0.2) is 9.42 Å². The van der Waals surface area contributed by atoms with Crippen molar-refractivity contribution in [1.29, 1.82) is 0 Å². The lowest BCUT2D eigenvalue weighted by atomic mass is 10.6. The van der Waals surface area contributed by atoms with Crippen LogP contribution in [-0.4, -0.2) is 32.4 Å². The van der Waals surface area contributed by atoms with E-state index < -0.39 is 23.5 Å². The van der Waals surface area contributed by atoms with Crippen molar-refractivity contribution in [3.8, 4) is 0 Å². The number of alkyl halides is 3. The van der Waals surface area contributed by atoms with E-state index in [9.17, 15) is 22.8 Å². The molecule has 2 aromatic rings. The quantitative estimate of drug-likeness (QED) is 0.712. The Balaban J connectivity index is 2.19. The summed E-state index contributed by atoms with van der Waals surface area (Å²) in [5.74, 6) is -3.22. The predicted octanol–water partition coefficient (Wildman–Crippen LogP) is -0.262. The number of hydrogen-bond acceptors (Lipinski definition) is 8. The number of hydrogen-bond donors (Lipinski definition) is 2. The number of aromatic nitrogens is 4. The van der Waals surface area contributed by atoms with Gasteiger partial charge in [0.15, 0.2) is 0 Å². The molecule has 0 aliphatic rings. The summed E-state index contributed by atoms with van der Waals surface area (Å²) in [6.45, 7) is 0. The average Bonchev–Trinajstić information content (AvgIpc) is 2.70. The molecule has 2 rings (SSSR count). The largest absolute Gasteiger partial charge is 0.493 e. The summed E-state index contributed by atoms with van der Waals surface area (Å²) in [7, 11) is 0. The maximum atomic E-state index is 11.8. The van der Waals surface area contributed by atoms with Crippen molar-refractivity contribution in [2.75, 3.05) is 5.48 Å². The van der Waals surface area contributed by atoms with E-state index >= 15 is 0 Å². The van der Waals surface area contributed by atoms with Gasteiger partial charge in [0.2, 0.25) is 17.1 Å². The van der Waals surface area contributed by atoms with Gasteiger partial charge in [-0.2, -0.15) is 23.6 Å². The second kappa shape index (κ2) is 3.97. The van der Waals surface area contributed by atoms with Crippen molar-refractivity contribution < 1.29 is 27.4 Å². The molecule has 0 aliphatic carbocycles. The van der Waals surface area contributed by atoms with Gasteiger partial charge in [0.1, 0.15) is 0 Å². The molecule has 0 radical (unpaired) electrons. The Labute approximate surface area is 93.9 Å². The summed E-state index contributed by atoms with van der Waals surface area (Å²) in [4.78, 5) is 30.7. The smallest absolute Gasteiger partial charge is 0.333 e. The lowest BCUT2D eigenvalue weighted by Gasteiger charge is -2.06. The SMILES string of the molecule is O=C(ONc1nc2nonc2[nH]c1=O)C(F)(F)F. The van der Waals surface area contributed by atoms with Gasteiger partial charge >= 0.3 is 12.1 Å². The fourth-order valence-corrected chi connectivity index (χ4v) is 0.881. The standard InChI is InChI=1S/C6H2F3N5O4/c7-6(8,9)5(16)17-12-3-4(15)11-2-1(10-3)13-18-14-2/h(H,10,12,13)(H,11,14,15). The Bertz CT molecular complexity index is 646. The van der Waals surface area contributed by atoms with Crippen LogP contribution in [0.25, 0.3) is 11.3 Å². The molecule has 0 bridgehead atoms. The van der Waals surface area contributed by atoms with Crippen molar-refractivity contribution in [2.45, 2.75) is 6.18 Å². The van der Waals surface area contributed by atoms with E-state index in [4.69, 9.17) is 0 Å². The number of aromatic amines is 1. The van der Waals surface area contributed by atoms with Crippen LogP contribution in [-0.2, 0) is 9.63 Å². The number of halogens is 3. The molecule has 0 aliphatic heterocycles. The van der Waals surface area contributed by atoms with Crippen LogP contribution in [0.5, 0.6) is 0 Å². The second-order valence-corrected chi connectivity index (χ2v) is 2.84. The van der Waals surface area contributed by atoms with Gasteiger partial charge in [0.25, 0.3) is 5.56 Å². The number of fused-ring (bicyclic) bond motifs is 1. The molecule has 2 aromatic heterocycles. The second-order valence-electron chi connectivity index (χ2n) is 2.84. The number of rotatable bonds is 2. The Morgan fingerprint density at radius 2 is 2.11 bits per heavy atom. The molecule has 0 amide bonds. The summed E-state index contributed by atoms with van der Waals surface area (Å²) >= 11 is 0. The molecular weight excluding hydrogens is 263 g/mol. The van der Waals surface area contributed by atoms with Crippen LogP contribution in [0.4, 0.5) is 19.0 Å². The number of H-pyrrole nitrogens is 1. The van der Waals surface area contributed by atoms with Gasteiger partial charge in [-0.3, -0.25) is 9.78 Å². The van der Waals surface area contributed by atoms with Gasteiger partial charge in [-0.1, -0.05) is 0 Å². The zero-order chi connectivity index (χ0) is 13.3. The fourth-order valence-electron chi connectivity index (χ4n) is 0.881. The predicted molar refractivity (Wildman–Crippen MR) is 46.0 cm³/mol. The van der Waals surface area contributed by atoms with Gasteiger partial charge in [-0.15, -0.1) is 0 Å². The van der Waals surface area contributed by atoms with Gasteiger partial charge in [0.05, 0.1) is 0 Å². The number of carbonyl (C=O) groups is 1. The molecule has 0 spiro atoms. The lowest BCUT2D eigenvalue weighted by molar-refractivity contribution is -0.196. The minimum Gasteiger partial charge on any atom is -0.333 e. The molecule has 0 atom stereocenters. The van der Waals surface area contributed by atoms with Crippen LogP contribution in [0.1, 0.15) is 0 Å². The minimum atomic E-state index is -5.20. The molecule has 96 valence electrons. The van der Waals surface area contributed by atoms with Crippen LogP contribution in [0.3, 0.4) is 0 Å². The summed E-state index contributed by atoms with van der Waals surface area (Å²) < 4.78 is 39.6. The van der Waals surface area contributed by atoms with Gasteiger partial charge in [-0.05, 0) is 10.3 Å². The Morgan fingerprint density at radius 3 is 2.78 bits per heavy atom. The first-order valence-corrected chi connectivity index (χ1v) is 4.14. The van der Waals surface area contributed by atoms with E-state index in [1.807, 2.05) is 0 Å². The molecule has 0 unspecified atom stereocenters. The normalized spacial score (nSPS) is 11.5. The Kier molecular flexibility index (Phi) is 2.61. The van der Waals surface area contributed by atoms with Crippen LogP contribution in [0, 0.1) is 0 Å². The van der Waals surface area contributed by atoms with E-state index in [-0.39, 0.29) is 11.3 Å². The van der Waals surface area contributed by atoms with Gasteiger partial charge < -0.3 is 4.84 Å². The molecule has 2 N–H and O–H groups in total. The van der Waals surface area contributed by atoms with Crippen LogP contribution in [0.2, 0.25) is 0 Å². The highest BCUT2D eigenvalue weighted by atomic mass is 19.4. The average molecular weight is 265 g/mol. The number of carbonyl (C=O) groups excluding carboxylic acids is 1. The highest BCUT2D eigenvalue weighted by Crippen LogP contribution is 2.16. The molecule has 0 fully saturated rings. The summed E-state index contributed by atoms with van der Waals surface area (Å²) in [5.41, 5.74) is 0.218. The molecule has 2 heterocycles. The minimum absolute atomic E-state index is 0.104. The maximum absolute atomic E-state index is 11.8. The third kappa shape index (κ3) is 2.21. The Hall–Kier alpha value is -2.66. The van der Waals surface area contributed by atoms with E-state index in [2.05, 4.69) is 29.7 Å². The lowest BCUT2D eigenvalue weighted by Crippen LogP contribution is -2.29. The van der Waals surface area contributed by atoms with Crippen molar-refractivity contribution in [2.24, 2.45) is 0 Å². The van der Waals surface area contributed by atoms with E-state index in [1.165, 1.54) is 5.48 Å². The van der Waals surface area contributed by atoms with Crippen molar-refractivity contribution in [3.05, 3.63) is 10.4 Å². The first-order chi connectivity index (χ1) is 8.38. The third-order valence-corrected chi connectivity index (χ3v) is 1.61. The van der Waals surface area contributed by atoms with E-state index in [0.29, 0.717) is 0 Å². The van der Waals surface area contributed by atoms with E-state index in [0.717, 1.165) is 0 Å². The zero-order valence-corrected chi connectivity index (χ0v) is 8.11. The van der Waals surface area contributed by atoms with Crippen LogP contribution in [0.15, 0.2) is 9.42 Å². The monoisotopic (exact) mass is 265 g/mol. The van der Waals surface area contributed by atoms with E-state index in [1.54, 1.807) is 0 Å². The molecule has 0 saturated heterocycles. The number of nitrogens with one attached hydrogen (secondary N) is 2. The molecule has 12 heteroatoms. The molecule has 0 saturated carbocycles. The zero-order valence-electron chi connectivity index (χ0n) is 8.11. The van der Waals surface area contributed by atoms with Crippen LogP contribution < -0.4 is 11.0 Å². The molecule has 18 heavy (non-hydrogen) atoms. The van der Waals surface area contributed by atoms with Crippen molar-refractivity contribution in [3.63, 3.8) is 0 Å². The summed E-state index contributed by atoms with van der Waals surface area (Å²) in [5, 5.41) is 6.46. The Morgan fingerprint density at radius 1 is 1.39 bits per heavy atom. The summed E-state index contributed by atoms with van der Waals surface area (Å²) in [6, 6.07) is 0. The topological polar surface area (TPSA) is 123 Å². The van der Waals surface area contributed by atoms with Crippen molar-refractivity contribution in [1.82, 2.24) is 20.3 Å². The third-order valence-electron chi connectivity index (χ3n) is 1.61. The first kappa shape index (κ1) is 11.8. The number of anilines is 1. The highest BCUT2D eigenvalue weighted by Gasteiger charge is 2.41. The van der Waals surface area contributed by atoms with Gasteiger partial charge in [0, 0.05) is 0 Å². The van der Waals surface area contributed by atoms with Crippen molar-refractivity contribution >= 4 is 23.1 Å². The summed E-state index contributed by atoms with van der Waals surface area (Å²) in [6.07, 6.45) is -5.20. The molecular formula is C6H2F3N5O4. The maximum Gasteiger partial charge on any atom is 0.493 e. The fraction of sp³-hybridized carbons (Fsp3) is 0.167. The molecule has 9 nitrogen and oxygen atoms in total. The molecule has 0 aromatic carbocycles.